The van der Waals surface area contributed by atoms with Gasteiger partial charge in [0.05, 0.1) is 0 Å². The van der Waals surface area contributed by atoms with Crippen LogP contribution in [0.25, 0.3) is 0 Å². The van der Waals surface area contributed by atoms with E-state index in [2.05, 4.69) is 0 Å². The predicted molar refractivity (Wildman–Crippen MR) is 81.3 cm³/mol. The van der Waals surface area contributed by atoms with Crippen molar-refractivity contribution < 1.29 is 13.2 Å². The fourth-order valence-electron chi connectivity index (χ4n) is 2.34. The summed E-state index contributed by atoms with van der Waals surface area (Å²) in [4.78, 5) is 14.2. The zero-order valence-corrected chi connectivity index (χ0v) is 13.4. The van der Waals surface area contributed by atoms with E-state index in [1.165, 1.54) is 22.7 Å². The standard InChI is InChI=1S/C14H21N3O3S/c1-12-6-4-5-7-13(12)14(18)16-8-10-17(11-9-16)21(19,20)15(2)3/h4-7H,8-11H2,1-3H3. The van der Waals surface area contributed by atoms with E-state index in [-0.39, 0.29) is 5.91 Å². The average Bonchev–Trinajstić information content (AvgIpc) is 2.47. The highest BCUT2D eigenvalue weighted by Gasteiger charge is 2.30. The quantitative estimate of drug-likeness (QED) is 0.819. The molecule has 6 nitrogen and oxygen atoms in total. The minimum Gasteiger partial charge on any atom is -0.336 e. The van der Waals surface area contributed by atoms with Crippen LogP contribution in [0.4, 0.5) is 0 Å². The number of aryl methyl sites for hydroxylation is 1. The molecule has 0 radical (unpaired) electrons. The van der Waals surface area contributed by atoms with Gasteiger partial charge in [-0.2, -0.15) is 17.0 Å². The summed E-state index contributed by atoms with van der Waals surface area (Å²) >= 11 is 0. The monoisotopic (exact) mass is 311 g/mol. The number of nitrogens with zero attached hydrogens (tertiary/aromatic N) is 3. The van der Waals surface area contributed by atoms with Gasteiger partial charge in [-0.25, -0.2) is 0 Å². The molecule has 1 aromatic carbocycles. The third kappa shape index (κ3) is 3.25. The van der Waals surface area contributed by atoms with Crippen molar-refractivity contribution >= 4 is 16.1 Å². The van der Waals surface area contributed by atoms with Gasteiger partial charge >= 0.3 is 0 Å². The fourth-order valence-corrected chi connectivity index (χ4v) is 3.42. The lowest BCUT2D eigenvalue weighted by Gasteiger charge is -2.35. The highest BCUT2D eigenvalue weighted by atomic mass is 32.2. The number of rotatable bonds is 3. The van der Waals surface area contributed by atoms with Crippen molar-refractivity contribution in [2.45, 2.75) is 6.92 Å². The van der Waals surface area contributed by atoms with E-state index in [0.29, 0.717) is 31.7 Å². The van der Waals surface area contributed by atoms with Crippen LogP contribution in [0.5, 0.6) is 0 Å². The largest absolute Gasteiger partial charge is 0.336 e. The van der Waals surface area contributed by atoms with Crippen LogP contribution in [0, 0.1) is 6.92 Å². The van der Waals surface area contributed by atoms with Gasteiger partial charge in [-0.15, -0.1) is 0 Å². The Labute approximate surface area is 126 Å². The van der Waals surface area contributed by atoms with Crippen molar-refractivity contribution in [3.8, 4) is 0 Å². The summed E-state index contributed by atoms with van der Waals surface area (Å²) in [6.45, 7) is 3.40. The number of carbonyl (C=O) groups excluding carboxylic acids is 1. The molecule has 0 N–H and O–H groups in total. The molecule has 1 aliphatic rings. The summed E-state index contributed by atoms with van der Waals surface area (Å²) in [6.07, 6.45) is 0. The number of piperazine rings is 1. The Morgan fingerprint density at radius 2 is 1.67 bits per heavy atom. The molecule has 1 amide bonds. The minimum atomic E-state index is -3.39. The molecule has 1 heterocycles. The van der Waals surface area contributed by atoms with E-state index in [0.717, 1.165) is 5.56 Å². The van der Waals surface area contributed by atoms with Gasteiger partial charge in [0.15, 0.2) is 0 Å². The number of benzene rings is 1. The van der Waals surface area contributed by atoms with Crippen LogP contribution in [0.3, 0.4) is 0 Å². The molecular formula is C14H21N3O3S. The lowest BCUT2D eigenvalue weighted by molar-refractivity contribution is 0.0694. The van der Waals surface area contributed by atoms with Crippen molar-refractivity contribution in [2.75, 3.05) is 40.3 Å². The van der Waals surface area contributed by atoms with Crippen molar-refractivity contribution in [2.24, 2.45) is 0 Å². The maximum absolute atomic E-state index is 12.5. The second-order valence-corrected chi connectivity index (χ2v) is 7.44. The Kier molecular flexibility index (Phi) is 4.65. The first-order chi connectivity index (χ1) is 9.84. The molecule has 0 aromatic heterocycles. The maximum Gasteiger partial charge on any atom is 0.281 e. The van der Waals surface area contributed by atoms with Gasteiger partial charge in [-0.1, -0.05) is 18.2 Å². The molecule has 0 aliphatic carbocycles. The van der Waals surface area contributed by atoms with Crippen LogP contribution in [0.1, 0.15) is 15.9 Å². The molecule has 1 aliphatic heterocycles. The van der Waals surface area contributed by atoms with Crippen molar-refractivity contribution in [1.82, 2.24) is 13.5 Å². The SMILES string of the molecule is Cc1ccccc1C(=O)N1CCN(S(=O)(=O)N(C)C)CC1. The maximum atomic E-state index is 12.5. The molecule has 0 spiro atoms. The number of carbonyl (C=O) groups is 1. The molecule has 0 unspecified atom stereocenters. The topological polar surface area (TPSA) is 60.9 Å². The van der Waals surface area contributed by atoms with Crippen LogP contribution < -0.4 is 0 Å². The van der Waals surface area contributed by atoms with Gasteiger partial charge in [0, 0.05) is 45.8 Å². The van der Waals surface area contributed by atoms with E-state index in [1.54, 1.807) is 11.0 Å². The molecule has 1 aromatic rings. The lowest BCUT2D eigenvalue weighted by Crippen LogP contribution is -2.53. The first-order valence-electron chi connectivity index (χ1n) is 6.86. The van der Waals surface area contributed by atoms with Crippen LogP contribution >= 0.6 is 0 Å². The Bertz CT molecular complexity index is 620. The van der Waals surface area contributed by atoms with Crippen LogP contribution in [0.2, 0.25) is 0 Å². The normalized spacial score (nSPS) is 17.2. The van der Waals surface area contributed by atoms with Crippen molar-refractivity contribution in [1.29, 1.82) is 0 Å². The van der Waals surface area contributed by atoms with Gasteiger partial charge < -0.3 is 4.90 Å². The van der Waals surface area contributed by atoms with E-state index < -0.39 is 10.2 Å². The second-order valence-electron chi connectivity index (χ2n) is 5.30. The highest BCUT2D eigenvalue weighted by molar-refractivity contribution is 7.86. The van der Waals surface area contributed by atoms with Crippen LogP contribution in [-0.4, -0.2) is 68.1 Å². The number of hydrogen-bond donors (Lipinski definition) is 0. The van der Waals surface area contributed by atoms with E-state index in [1.807, 2.05) is 25.1 Å². The summed E-state index contributed by atoms with van der Waals surface area (Å²) in [5.41, 5.74) is 1.62. The Hall–Kier alpha value is -1.44. The average molecular weight is 311 g/mol. The molecule has 7 heteroatoms. The molecule has 0 bridgehead atoms. The molecule has 0 atom stereocenters. The smallest absolute Gasteiger partial charge is 0.281 e. The van der Waals surface area contributed by atoms with Gasteiger partial charge in [0.1, 0.15) is 0 Å². The Morgan fingerprint density at radius 3 is 2.19 bits per heavy atom. The molecular weight excluding hydrogens is 290 g/mol. The van der Waals surface area contributed by atoms with Crippen LogP contribution in [-0.2, 0) is 10.2 Å². The summed E-state index contributed by atoms with van der Waals surface area (Å²) < 4.78 is 26.7. The Balaban J connectivity index is 2.05. The summed E-state index contributed by atoms with van der Waals surface area (Å²) in [7, 11) is -0.365. The van der Waals surface area contributed by atoms with Gasteiger partial charge in [-0.05, 0) is 18.6 Å². The summed E-state index contributed by atoms with van der Waals surface area (Å²) in [5.74, 6) is -0.0324. The van der Waals surface area contributed by atoms with Gasteiger partial charge in [0.2, 0.25) is 0 Å². The Morgan fingerprint density at radius 1 is 1.10 bits per heavy atom. The van der Waals surface area contributed by atoms with Crippen molar-refractivity contribution in [3.63, 3.8) is 0 Å². The lowest BCUT2D eigenvalue weighted by atomic mass is 10.1. The summed E-state index contributed by atoms with van der Waals surface area (Å²) in [5, 5.41) is 0. The third-order valence-corrected chi connectivity index (χ3v) is 5.63. The zero-order chi connectivity index (χ0) is 15.6. The predicted octanol–water partition coefficient (Wildman–Crippen LogP) is 0.559. The first kappa shape index (κ1) is 15.9. The van der Waals surface area contributed by atoms with E-state index in [9.17, 15) is 13.2 Å². The molecule has 1 saturated heterocycles. The van der Waals surface area contributed by atoms with E-state index in [4.69, 9.17) is 0 Å². The fraction of sp³-hybridized carbons (Fsp3) is 0.500. The molecule has 0 saturated carbocycles. The minimum absolute atomic E-state index is 0.0324. The second kappa shape index (κ2) is 6.13. The highest BCUT2D eigenvalue weighted by Crippen LogP contribution is 2.14. The number of hydrogen-bond acceptors (Lipinski definition) is 3. The third-order valence-electron chi connectivity index (χ3n) is 3.69. The summed E-state index contributed by atoms with van der Waals surface area (Å²) in [6, 6.07) is 7.45. The van der Waals surface area contributed by atoms with Crippen LogP contribution in [0.15, 0.2) is 24.3 Å². The van der Waals surface area contributed by atoms with Crippen molar-refractivity contribution in [3.05, 3.63) is 35.4 Å². The van der Waals surface area contributed by atoms with E-state index >= 15 is 0 Å². The van der Waals surface area contributed by atoms with Gasteiger partial charge in [-0.3, -0.25) is 4.79 Å². The van der Waals surface area contributed by atoms with Gasteiger partial charge in [0.25, 0.3) is 16.1 Å². The molecule has 1 fully saturated rings. The first-order valence-corrected chi connectivity index (χ1v) is 8.26. The molecule has 116 valence electrons. The number of amides is 1. The molecule has 21 heavy (non-hydrogen) atoms. The molecule has 2 rings (SSSR count). The zero-order valence-electron chi connectivity index (χ0n) is 12.6.